The Bertz CT molecular complexity index is 845. The zero-order valence-electron chi connectivity index (χ0n) is 15.5. The molecule has 5 nitrogen and oxygen atoms in total. The summed E-state index contributed by atoms with van der Waals surface area (Å²) in [7, 11) is 1.93. The molecule has 1 aromatic carbocycles. The third-order valence-corrected chi connectivity index (χ3v) is 6.12. The van der Waals surface area contributed by atoms with Crippen LogP contribution in [0.1, 0.15) is 46.5 Å². The van der Waals surface area contributed by atoms with Crippen LogP contribution in [0, 0.1) is 6.92 Å². The lowest BCUT2D eigenvalue weighted by Crippen LogP contribution is -2.43. The highest BCUT2D eigenvalue weighted by atomic mass is 35.5. The highest BCUT2D eigenvalue weighted by molar-refractivity contribution is 6.27. The maximum absolute atomic E-state index is 12.6. The first-order chi connectivity index (χ1) is 12.6. The summed E-state index contributed by atoms with van der Waals surface area (Å²) in [5.74, 6) is 0.0236. The molecule has 6 heteroatoms. The van der Waals surface area contributed by atoms with E-state index in [-0.39, 0.29) is 17.8 Å². The van der Waals surface area contributed by atoms with Crippen molar-refractivity contribution >= 4 is 17.5 Å². The first-order valence-corrected chi connectivity index (χ1v) is 9.94. The van der Waals surface area contributed by atoms with Crippen LogP contribution in [-0.2, 0) is 44.1 Å². The molecule has 26 heavy (non-hydrogen) atoms. The van der Waals surface area contributed by atoms with E-state index in [0.29, 0.717) is 6.54 Å². The highest BCUT2D eigenvalue weighted by Gasteiger charge is 2.30. The number of hydrogen-bond donors (Lipinski definition) is 0. The summed E-state index contributed by atoms with van der Waals surface area (Å²) in [5.41, 5.74) is 7.73. The summed E-state index contributed by atoms with van der Waals surface area (Å²) in [5, 5.41) is 8.41. The van der Waals surface area contributed by atoms with Gasteiger partial charge in [0.25, 0.3) is 0 Å². The van der Waals surface area contributed by atoms with E-state index in [2.05, 4.69) is 29.4 Å². The van der Waals surface area contributed by atoms with E-state index in [1.54, 1.807) is 0 Å². The van der Waals surface area contributed by atoms with Crippen molar-refractivity contribution in [3.8, 4) is 0 Å². The number of alkyl halides is 1. The molecule has 0 spiro atoms. The molecule has 0 radical (unpaired) electrons. The summed E-state index contributed by atoms with van der Waals surface area (Å²) in [6.45, 7) is 2.81. The van der Waals surface area contributed by atoms with Gasteiger partial charge in [-0.1, -0.05) is 17.3 Å². The Hall–Kier alpha value is -1.88. The largest absolute Gasteiger partial charge is 0.334 e. The fraction of sp³-hybridized carbons (Fsp3) is 0.550. The third-order valence-electron chi connectivity index (χ3n) is 5.89. The van der Waals surface area contributed by atoms with Crippen molar-refractivity contribution in [3.63, 3.8) is 0 Å². The van der Waals surface area contributed by atoms with Gasteiger partial charge in [-0.2, -0.15) is 0 Å². The van der Waals surface area contributed by atoms with Crippen molar-refractivity contribution in [2.45, 2.75) is 58.0 Å². The predicted molar refractivity (Wildman–Crippen MR) is 101 cm³/mol. The van der Waals surface area contributed by atoms with E-state index in [9.17, 15) is 4.79 Å². The summed E-state index contributed by atoms with van der Waals surface area (Å²) >= 11 is 5.94. The van der Waals surface area contributed by atoms with Gasteiger partial charge in [0.2, 0.25) is 5.91 Å². The van der Waals surface area contributed by atoms with Crippen molar-refractivity contribution in [1.82, 2.24) is 19.9 Å². The summed E-state index contributed by atoms with van der Waals surface area (Å²) in [6, 6.07) is 4.68. The number of carbonyl (C=O) groups excluding carboxylic acids is 1. The molecule has 0 bridgehead atoms. The average molecular weight is 373 g/mol. The number of rotatable bonds is 4. The number of halogens is 1. The minimum absolute atomic E-state index is 0.00200. The number of aryl methyl sites for hydroxylation is 3. The Morgan fingerprint density at radius 1 is 1.35 bits per heavy atom. The summed E-state index contributed by atoms with van der Waals surface area (Å²) < 4.78 is 1.85. The first kappa shape index (κ1) is 17.5. The normalized spacial score (nSPS) is 18.5. The van der Waals surface area contributed by atoms with Crippen molar-refractivity contribution in [2.24, 2.45) is 7.05 Å². The van der Waals surface area contributed by atoms with E-state index in [1.807, 2.05) is 16.6 Å². The van der Waals surface area contributed by atoms with Crippen LogP contribution in [0.2, 0.25) is 0 Å². The Labute approximate surface area is 159 Å². The van der Waals surface area contributed by atoms with Crippen LogP contribution in [0.3, 0.4) is 0 Å². The second-order valence-corrected chi connectivity index (χ2v) is 7.83. The maximum Gasteiger partial charge on any atom is 0.238 e. The Morgan fingerprint density at radius 2 is 2.19 bits per heavy atom. The van der Waals surface area contributed by atoms with Gasteiger partial charge >= 0.3 is 0 Å². The van der Waals surface area contributed by atoms with Crippen molar-refractivity contribution in [1.29, 1.82) is 0 Å². The Morgan fingerprint density at radius 3 is 3.00 bits per heavy atom. The standard InChI is InChI=1S/C20H25ClN4O/c1-13-8-14(9-15-4-3-5-17(13)15)12-25(20(26)11-21)16-6-7-19-18(10-16)22-23-24(19)2/h8-9,16H,3-7,10-12H2,1-2H3. The van der Waals surface area contributed by atoms with Crippen LogP contribution in [0.4, 0.5) is 0 Å². The molecular weight excluding hydrogens is 348 g/mol. The number of carbonyl (C=O) groups is 1. The van der Waals surface area contributed by atoms with Gasteiger partial charge in [-0.05, 0) is 61.3 Å². The molecule has 1 unspecified atom stereocenters. The molecule has 0 saturated heterocycles. The fourth-order valence-electron chi connectivity index (χ4n) is 4.57. The summed E-state index contributed by atoms with van der Waals surface area (Å²) in [4.78, 5) is 14.6. The molecule has 2 aliphatic carbocycles. The highest BCUT2D eigenvalue weighted by Crippen LogP contribution is 2.29. The molecule has 138 valence electrons. The van der Waals surface area contributed by atoms with Gasteiger partial charge in [-0.15, -0.1) is 16.7 Å². The number of fused-ring (bicyclic) bond motifs is 2. The van der Waals surface area contributed by atoms with Gasteiger partial charge in [0.05, 0.1) is 11.4 Å². The molecule has 1 atom stereocenters. The van der Waals surface area contributed by atoms with Gasteiger partial charge in [-0.25, -0.2) is 0 Å². The maximum atomic E-state index is 12.6. The smallest absolute Gasteiger partial charge is 0.238 e. The van der Waals surface area contributed by atoms with E-state index < -0.39 is 0 Å². The van der Waals surface area contributed by atoms with Crippen molar-refractivity contribution < 1.29 is 4.79 Å². The molecule has 0 N–H and O–H groups in total. The van der Waals surface area contributed by atoms with Gasteiger partial charge in [0.1, 0.15) is 5.88 Å². The van der Waals surface area contributed by atoms with E-state index in [0.717, 1.165) is 31.4 Å². The number of hydrogen-bond acceptors (Lipinski definition) is 3. The number of nitrogens with zero attached hydrogens (tertiary/aromatic N) is 4. The lowest BCUT2D eigenvalue weighted by molar-refractivity contribution is -0.131. The quantitative estimate of drug-likeness (QED) is 0.775. The number of amides is 1. The molecule has 2 aliphatic rings. The first-order valence-electron chi connectivity index (χ1n) is 9.41. The number of benzene rings is 1. The molecule has 1 heterocycles. The second-order valence-electron chi connectivity index (χ2n) is 7.56. The minimum atomic E-state index is 0.00200. The Kier molecular flexibility index (Phi) is 4.74. The van der Waals surface area contributed by atoms with Crippen LogP contribution in [0.15, 0.2) is 12.1 Å². The van der Waals surface area contributed by atoms with Crippen LogP contribution in [0.25, 0.3) is 0 Å². The van der Waals surface area contributed by atoms with Gasteiger partial charge in [0.15, 0.2) is 0 Å². The molecule has 0 fully saturated rings. The van der Waals surface area contributed by atoms with Crippen molar-refractivity contribution in [2.75, 3.05) is 5.88 Å². The molecule has 1 amide bonds. The SMILES string of the molecule is Cc1cc(CN(C(=O)CCl)C2CCc3c(nnn3C)C2)cc2c1CCC2. The molecule has 4 rings (SSSR count). The monoisotopic (exact) mass is 372 g/mol. The van der Waals surface area contributed by atoms with Crippen LogP contribution in [0.5, 0.6) is 0 Å². The van der Waals surface area contributed by atoms with Crippen molar-refractivity contribution in [3.05, 3.63) is 45.8 Å². The van der Waals surface area contributed by atoms with Gasteiger partial charge in [-0.3, -0.25) is 9.48 Å². The lowest BCUT2D eigenvalue weighted by Gasteiger charge is -2.34. The zero-order chi connectivity index (χ0) is 18.3. The molecule has 2 aromatic rings. The number of aromatic nitrogens is 3. The molecule has 0 aliphatic heterocycles. The van der Waals surface area contributed by atoms with Crippen LogP contribution >= 0.6 is 11.6 Å². The van der Waals surface area contributed by atoms with Crippen LogP contribution < -0.4 is 0 Å². The topological polar surface area (TPSA) is 51.0 Å². The van der Waals surface area contributed by atoms with Crippen LogP contribution in [-0.4, -0.2) is 37.7 Å². The summed E-state index contributed by atoms with van der Waals surface area (Å²) in [6.07, 6.45) is 6.17. The molecule has 1 aromatic heterocycles. The van der Waals surface area contributed by atoms with E-state index in [1.165, 1.54) is 40.8 Å². The minimum Gasteiger partial charge on any atom is -0.334 e. The average Bonchev–Trinajstić information content (AvgIpc) is 3.26. The predicted octanol–water partition coefficient (Wildman–Crippen LogP) is 2.74. The third kappa shape index (κ3) is 3.13. The van der Waals surface area contributed by atoms with E-state index in [4.69, 9.17) is 11.6 Å². The van der Waals surface area contributed by atoms with Gasteiger partial charge in [0, 0.05) is 26.1 Å². The molecule has 0 saturated carbocycles. The van der Waals surface area contributed by atoms with Gasteiger partial charge < -0.3 is 4.90 Å². The Balaban J connectivity index is 1.58. The fourth-order valence-corrected chi connectivity index (χ4v) is 4.73. The molecular formula is C20H25ClN4O. The zero-order valence-corrected chi connectivity index (χ0v) is 16.2. The second kappa shape index (κ2) is 7.03. The lowest BCUT2D eigenvalue weighted by atomic mass is 9.93. The van der Waals surface area contributed by atoms with E-state index >= 15 is 0 Å².